The summed E-state index contributed by atoms with van der Waals surface area (Å²) in [4.78, 5) is 9.87. The zero-order valence-electron chi connectivity index (χ0n) is 10.3. The van der Waals surface area contributed by atoms with Crippen LogP contribution in [0.25, 0.3) is 5.57 Å². The Morgan fingerprint density at radius 1 is 1.29 bits per heavy atom. The van der Waals surface area contributed by atoms with Gasteiger partial charge in [-0.25, -0.2) is 0 Å². The molecule has 0 spiro atoms. The second kappa shape index (κ2) is 4.72. The summed E-state index contributed by atoms with van der Waals surface area (Å²) in [7, 11) is -5.98. The lowest BCUT2D eigenvalue weighted by Crippen LogP contribution is -2.28. The molecule has 0 fully saturated rings. The third-order valence-electron chi connectivity index (χ3n) is 2.97. The van der Waals surface area contributed by atoms with Crippen LogP contribution in [0.2, 0.25) is 0 Å². The molecule has 0 N–H and O–H groups in total. The molecular weight excluding hydrogens is 315 g/mol. The normalized spacial score (nSPS) is 14.9. The monoisotopic (exact) mass is 323 g/mol. The van der Waals surface area contributed by atoms with Crippen LogP contribution in [0.15, 0.2) is 18.7 Å². The van der Waals surface area contributed by atoms with Crippen LogP contribution < -0.4 is 4.18 Å². The molecule has 1 aromatic carbocycles. The van der Waals surface area contributed by atoms with Gasteiger partial charge < -0.3 is 4.18 Å². The Hall–Kier alpha value is -2.10. The molecule has 0 saturated heterocycles. The minimum absolute atomic E-state index is 0.0435. The van der Waals surface area contributed by atoms with Crippen molar-refractivity contribution < 1.29 is 30.7 Å². The topological polar surface area (TPSA) is 86.5 Å². The zero-order chi connectivity index (χ0) is 16.0. The number of nitro groups is 1. The van der Waals surface area contributed by atoms with Gasteiger partial charge in [0.15, 0.2) is 0 Å². The highest BCUT2D eigenvalue weighted by molar-refractivity contribution is 7.88. The van der Waals surface area contributed by atoms with Crippen LogP contribution in [0, 0.1) is 10.1 Å². The highest BCUT2D eigenvalue weighted by Gasteiger charge is 2.50. The highest BCUT2D eigenvalue weighted by atomic mass is 32.2. The van der Waals surface area contributed by atoms with E-state index in [1.807, 2.05) is 0 Å². The van der Waals surface area contributed by atoms with Gasteiger partial charge in [-0.2, -0.15) is 21.6 Å². The smallest absolute Gasteiger partial charge is 0.368 e. The van der Waals surface area contributed by atoms with Crippen LogP contribution in [-0.2, 0) is 16.5 Å². The van der Waals surface area contributed by atoms with Crippen LogP contribution in [0.4, 0.5) is 18.9 Å². The molecule has 1 aliphatic carbocycles. The molecule has 0 aliphatic heterocycles. The second-order valence-corrected chi connectivity index (χ2v) is 5.82. The first kappa shape index (κ1) is 15.3. The predicted molar refractivity (Wildman–Crippen MR) is 66.1 cm³/mol. The average molecular weight is 323 g/mol. The minimum Gasteiger partial charge on any atom is -0.368 e. The number of alkyl halides is 3. The summed E-state index contributed by atoms with van der Waals surface area (Å²) in [5.74, 6) is -0.895. The third-order valence-corrected chi connectivity index (χ3v) is 3.92. The lowest BCUT2D eigenvalue weighted by atomic mass is 10.1. The number of benzene rings is 1. The van der Waals surface area contributed by atoms with E-state index >= 15 is 0 Å². The SMILES string of the molecule is C=C1CCc2c1ccc([N+](=O)[O-])c2OS(=O)(=O)C(F)(F)F. The number of rotatable bonds is 3. The molecule has 0 radical (unpaired) electrons. The van der Waals surface area contributed by atoms with E-state index in [0.29, 0.717) is 17.6 Å². The van der Waals surface area contributed by atoms with Gasteiger partial charge in [0.1, 0.15) is 0 Å². The lowest BCUT2D eigenvalue weighted by molar-refractivity contribution is -0.385. The molecule has 2 rings (SSSR count). The van der Waals surface area contributed by atoms with Gasteiger partial charge in [-0.15, -0.1) is 0 Å². The standard InChI is InChI=1S/C11H8F3NO5S/c1-6-2-3-8-7(6)4-5-9(15(16)17)10(8)20-21(18,19)11(12,13)14/h4-5H,1-3H2. The summed E-state index contributed by atoms with van der Waals surface area (Å²) in [6.07, 6.45) is 0.484. The Kier molecular flexibility index (Phi) is 3.44. The van der Waals surface area contributed by atoms with Crippen molar-refractivity contribution in [1.82, 2.24) is 0 Å². The Morgan fingerprint density at radius 2 is 1.90 bits per heavy atom. The second-order valence-electron chi connectivity index (χ2n) is 4.28. The fraction of sp³-hybridized carbons (Fsp3) is 0.273. The van der Waals surface area contributed by atoms with Crippen molar-refractivity contribution in [2.75, 3.05) is 0 Å². The van der Waals surface area contributed by atoms with Crippen molar-refractivity contribution in [3.63, 3.8) is 0 Å². The van der Waals surface area contributed by atoms with Crippen molar-refractivity contribution in [2.45, 2.75) is 18.3 Å². The van der Waals surface area contributed by atoms with Gasteiger partial charge in [-0.05, 0) is 30.0 Å². The van der Waals surface area contributed by atoms with Gasteiger partial charge in [-0.1, -0.05) is 6.58 Å². The number of nitrogens with zero attached hydrogens (tertiary/aromatic N) is 1. The first-order valence-electron chi connectivity index (χ1n) is 5.54. The van der Waals surface area contributed by atoms with Gasteiger partial charge in [0.05, 0.1) is 4.92 Å². The maximum atomic E-state index is 12.4. The Morgan fingerprint density at radius 3 is 2.43 bits per heavy atom. The van der Waals surface area contributed by atoms with Gasteiger partial charge in [-0.3, -0.25) is 10.1 Å². The minimum atomic E-state index is -5.98. The van der Waals surface area contributed by atoms with Crippen molar-refractivity contribution in [1.29, 1.82) is 0 Å². The number of allylic oxidation sites excluding steroid dienone is 1. The van der Waals surface area contributed by atoms with E-state index in [-0.39, 0.29) is 12.0 Å². The Labute approximate surface area is 117 Å². The molecule has 0 unspecified atom stereocenters. The molecule has 10 heteroatoms. The van der Waals surface area contributed by atoms with Gasteiger partial charge in [0.25, 0.3) is 0 Å². The summed E-state index contributed by atoms with van der Waals surface area (Å²) in [6, 6.07) is 2.21. The number of nitro benzene ring substituents is 1. The Bertz CT molecular complexity index is 739. The fourth-order valence-corrected chi connectivity index (χ4v) is 2.50. The summed E-state index contributed by atoms with van der Waals surface area (Å²) in [5.41, 5.74) is -5.54. The van der Waals surface area contributed by atoms with E-state index in [0.717, 1.165) is 6.07 Å². The van der Waals surface area contributed by atoms with Crippen LogP contribution in [0.3, 0.4) is 0 Å². The number of hydrogen-bond donors (Lipinski definition) is 0. The molecule has 114 valence electrons. The maximum Gasteiger partial charge on any atom is 0.534 e. The van der Waals surface area contributed by atoms with Crippen molar-refractivity contribution >= 4 is 21.4 Å². The Balaban J connectivity index is 2.62. The first-order chi connectivity index (χ1) is 9.54. The van der Waals surface area contributed by atoms with Gasteiger partial charge in [0.2, 0.25) is 5.75 Å². The summed E-state index contributed by atoms with van der Waals surface area (Å²) in [5, 5.41) is 10.9. The molecule has 1 aliphatic rings. The first-order valence-corrected chi connectivity index (χ1v) is 6.94. The van der Waals surface area contributed by atoms with E-state index in [9.17, 15) is 31.7 Å². The van der Waals surface area contributed by atoms with E-state index in [1.165, 1.54) is 6.07 Å². The van der Waals surface area contributed by atoms with Crippen molar-refractivity contribution in [3.8, 4) is 5.75 Å². The molecule has 0 aromatic heterocycles. The van der Waals surface area contributed by atoms with Crippen LogP contribution in [-0.4, -0.2) is 18.8 Å². The van der Waals surface area contributed by atoms with Crippen LogP contribution >= 0.6 is 0 Å². The summed E-state index contributed by atoms with van der Waals surface area (Å²) in [6.45, 7) is 3.66. The predicted octanol–water partition coefficient (Wildman–Crippen LogP) is 2.78. The molecule has 0 heterocycles. The number of halogens is 3. The van der Waals surface area contributed by atoms with Gasteiger partial charge >= 0.3 is 21.3 Å². The van der Waals surface area contributed by atoms with E-state index in [1.54, 1.807) is 0 Å². The van der Waals surface area contributed by atoms with E-state index in [2.05, 4.69) is 10.8 Å². The quantitative estimate of drug-likeness (QED) is 0.369. The highest BCUT2D eigenvalue weighted by Crippen LogP contribution is 2.43. The van der Waals surface area contributed by atoms with Crippen LogP contribution in [0.5, 0.6) is 5.75 Å². The molecule has 0 atom stereocenters. The van der Waals surface area contributed by atoms with Crippen LogP contribution in [0.1, 0.15) is 17.5 Å². The number of fused-ring (bicyclic) bond motifs is 1. The molecule has 0 amide bonds. The average Bonchev–Trinajstić information content (AvgIpc) is 2.70. The maximum absolute atomic E-state index is 12.4. The zero-order valence-corrected chi connectivity index (χ0v) is 11.1. The number of hydrogen-bond acceptors (Lipinski definition) is 5. The molecule has 0 bridgehead atoms. The molecular formula is C11H8F3NO5S. The summed E-state index contributed by atoms with van der Waals surface area (Å²) >= 11 is 0. The summed E-state index contributed by atoms with van der Waals surface area (Å²) < 4.78 is 63.3. The molecule has 0 saturated carbocycles. The molecule has 6 nitrogen and oxygen atoms in total. The van der Waals surface area contributed by atoms with Crippen molar-refractivity contribution in [2.24, 2.45) is 0 Å². The fourth-order valence-electron chi connectivity index (χ4n) is 2.00. The van der Waals surface area contributed by atoms with Crippen molar-refractivity contribution in [3.05, 3.63) is 40.0 Å². The molecule has 1 aromatic rings. The molecule has 21 heavy (non-hydrogen) atoms. The van der Waals surface area contributed by atoms with E-state index < -0.39 is 32.0 Å². The largest absolute Gasteiger partial charge is 0.534 e. The van der Waals surface area contributed by atoms with Gasteiger partial charge in [0, 0.05) is 11.6 Å². The third kappa shape index (κ3) is 2.58. The van der Waals surface area contributed by atoms with E-state index in [4.69, 9.17) is 0 Å². The lowest BCUT2D eigenvalue weighted by Gasteiger charge is -2.12.